The molecule has 5 nitrogen and oxygen atoms in total. The molecular weight excluding hydrogens is 406 g/mol. The molecule has 1 saturated heterocycles. The van der Waals surface area contributed by atoms with Crippen LogP contribution in [0.25, 0.3) is 16.2 Å². The largest absolute Gasteiger partial charge is 0.373 e. The van der Waals surface area contributed by atoms with Gasteiger partial charge in [0.2, 0.25) is 10.1 Å². The zero-order valence-corrected chi connectivity index (χ0v) is 17.0. The fraction of sp³-hybridized carbons (Fsp3) is 0.273. The highest BCUT2D eigenvalue weighted by atomic mass is 32.1. The number of ether oxygens (including phenoxy) is 1. The van der Waals surface area contributed by atoms with Crippen LogP contribution in [0.2, 0.25) is 0 Å². The molecule has 4 aromatic rings. The normalized spacial score (nSPS) is 15.2. The van der Waals surface area contributed by atoms with E-state index in [4.69, 9.17) is 4.74 Å². The van der Waals surface area contributed by atoms with Crippen molar-refractivity contribution in [1.29, 1.82) is 0 Å². The quantitative estimate of drug-likeness (QED) is 0.454. The molecule has 30 heavy (non-hydrogen) atoms. The van der Waals surface area contributed by atoms with E-state index in [0.29, 0.717) is 6.61 Å². The highest BCUT2D eigenvalue weighted by Crippen LogP contribution is 2.29. The molecule has 1 aliphatic rings. The summed E-state index contributed by atoms with van der Waals surface area (Å²) in [7, 11) is 0. The number of piperidine rings is 1. The fourth-order valence-electron chi connectivity index (χ4n) is 3.59. The molecule has 2 aromatic carbocycles. The van der Waals surface area contributed by atoms with Gasteiger partial charge in [-0.15, -0.1) is 5.10 Å². The van der Waals surface area contributed by atoms with Crippen LogP contribution >= 0.6 is 11.3 Å². The number of benzene rings is 2. The number of anilines is 1. The summed E-state index contributed by atoms with van der Waals surface area (Å²) < 4.78 is 33.9. The van der Waals surface area contributed by atoms with Crippen molar-refractivity contribution >= 4 is 21.4 Å². The van der Waals surface area contributed by atoms with E-state index in [-0.39, 0.29) is 17.7 Å². The minimum atomic E-state index is -0.259. The summed E-state index contributed by atoms with van der Waals surface area (Å²) >= 11 is 1.55. The molecule has 0 radical (unpaired) electrons. The van der Waals surface area contributed by atoms with Gasteiger partial charge in [-0.05, 0) is 54.8 Å². The van der Waals surface area contributed by atoms with Gasteiger partial charge in [0.25, 0.3) is 0 Å². The third-order valence-corrected chi connectivity index (χ3v) is 6.27. The van der Waals surface area contributed by atoms with E-state index < -0.39 is 0 Å². The van der Waals surface area contributed by atoms with Crippen LogP contribution < -0.4 is 4.90 Å². The number of hydrogen-bond acceptors (Lipinski definition) is 5. The average Bonchev–Trinajstić information content (AvgIpc) is 3.34. The molecule has 5 rings (SSSR count). The maximum absolute atomic E-state index is 13.1. The maximum Gasteiger partial charge on any atom is 0.214 e. The van der Waals surface area contributed by atoms with Crippen LogP contribution in [0.15, 0.2) is 54.7 Å². The van der Waals surface area contributed by atoms with Gasteiger partial charge < -0.3 is 9.64 Å². The van der Waals surface area contributed by atoms with E-state index in [2.05, 4.69) is 15.0 Å². The first-order valence-corrected chi connectivity index (χ1v) is 10.7. The lowest BCUT2D eigenvalue weighted by molar-refractivity contribution is 0.0251. The number of aromatic nitrogens is 3. The summed E-state index contributed by atoms with van der Waals surface area (Å²) in [5, 5.41) is 5.62. The molecular formula is C22H20F2N4OS. The van der Waals surface area contributed by atoms with Crippen molar-refractivity contribution in [2.75, 3.05) is 18.0 Å². The Kier molecular flexibility index (Phi) is 5.18. The number of nitrogens with zero attached hydrogens (tertiary/aromatic N) is 4. The SMILES string of the molecule is Fc1ccc(COC2CCN(c3nn4cc(-c5ccc(F)cc5)nc4s3)CC2)cc1. The van der Waals surface area contributed by atoms with Crippen molar-refractivity contribution in [3.05, 3.63) is 71.9 Å². The van der Waals surface area contributed by atoms with Crippen molar-refractivity contribution in [3.63, 3.8) is 0 Å². The predicted octanol–water partition coefficient (Wildman–Crippen LogP) is 4.92. The lowest BCUT2D eigenvalue weighted by Crippen LogP contribution is -2.37. The van der Waals surface area contributed by atoms with Gasteiger partial charge in [-0.1, -0.05) is 23.5 Å². The summed E-state index contributed by atoms with van der Waals surface area (Å²) in [5.74, 6) is -0.489. The molecule has 0 amide bonds. The monoisotopic (exact) mass is 426 g/mol. The van der Waals surface area contributed by atoms with Crippen LogP contribution in [-0.2, 0) is 11.3 Å². The average molecular weight is 426 g/mol. The summed E-state index contributed by atoms with van der Waals surface area (Å²) in [4.78, 5) is 7.71. The number of hydrogen-bond donors (Lipinski definition) is 0. The summed E-state index contributed by atoms with van der Waals surface area (Å²) in [6.45, 7) is 2.24. The van der Waals surface area contributed by atoms with Crippen molar-refractivity contribution < 1.29 is 13.5 Å². The molecule has 8 heteroatoms. The van der Waals surface area contributed by atoms with Gasteiger partial charge in [-0.2, -0.15) is 0 Å². The van der Waals surface area contributed by atoms with E-state index in [9.17, 15) is 8.78 Å². The molecule has 0 spiro atoms. The number of fused-ring (bicyclic) bond motifs is 1. The topological polar surface area (TPSA) is 42.7 Å². The Morgan fingerprint density at radius 3 is 2.30 bits per heavy atom. The minimum absolute atomic E-state index is 0.195. The lowest BCUT2D eigenvalue weighted by atomic mass is 10.1. The lowest BCUT2D eigenvalue weighted by Gasteiger charge is -2.31. The Hall–Kier alpha value is -2.84. The highest BCUT2D eigenvalue weighted by Gasteiger charge is 2.23. The Balaban J connectivity index is 1.19. The molecule has 0 unspecified atom stereocenters. The van der Waals surface area contributed by atoms with Crippen molar-refractivity contribution in [1.82, 2.24) is 14.6 Å². The second-order valence-corrected chi connectivity index (χ2v) is 8.30. The third-order valence-electron chi connectivity index (χ3n) is 5.28. The molecule has 0 N–H and O–H groups in total. The van der Waals surface area contributed by atoms with E-state index in [1.54, 1.807) is 40.1 Å². The van der Waals surface area contributed by atoms with Crippen molar-refractivity contribution in [2.24, 2.45) is 0 Å². The Morgan fingerprint density at radius 1 is 0.967 bits per heavy atom. The van der Waals surface area contributed by atoms with E-state index in [1.165, 1.54) is 24.3 Å². The maximum atomic E-state index is 13.1. The standard InChI is InChI=1S/C22H20F2N4OS/c23-17-5-1-15(2-6-17)14-29-19-9-11-27(12-10-19)22-26-28-13-20(25-21(28)30-22)16-3-7-18(24)8-4-16/h1-8,13,19H,9-12,14H2. The van der Waals surface area contributed by atoms with E-state index in [1.807, 2.05) is 6.20 Å². The second-order valence-electron chi connectivity index (χ2n) is 7.37. The summed E-state index contributed by atoms with van der Waals surface area (Å²) in [5.41, 5.74) is 2.64. The Bertz CT molecular complexity index is 1100. The first-order chi connectivity index (χ1) is 14.6. The summed E-state index contributed by atoms with van der Waals surface area (Å²) in [6.07, 6.45) is 3.91. The van der Waals surface area contributed by atoms with Gasteiger partial charge in [0.1, 0.15) is 11.6 Å². The van der Waals surface area contributed by atoms with E-state index in [0.717, 1.165) is 52.8 Å². The molecule has 2 aromatic heterocycles. The van der Waals surface area contributed by atoms with Gasteiger partial charge in [0, 0.05) is 18.7 Å². The molecule has 0 bridgehead atoms. The number of rotatable bonds is 5. The molecule has 1 aliphatic heterocycles. The number of halogens is 2. The first kappa shape index (κ1) is 19.1. The van der Waals surface area contributed by atoms with Crippen LogP contribution in [0.3, 0.4) is 0 Å². The van der Waals surface area contributed by atoms with Crippen LogP contribution in [0, 0.1) is 11.6 Å². The molecule has 0 saturated carbocycles. The predicted molar refractivity (Wildman–Crippen MR) is 113 cm³/mol. The number of imidazole rings is 1. The van der Waals surface area contributed by atoms with Crippen LogP contribution in [0.5, 0.6) is 0 Å². The summed E-state index contributed by atoms with van der Waals surface area (Å²) in [6, 6.07) is 12.8. The third kappa shape index (κ3) is 4.06. The van der Waals surface area contributed by atoms with Gasteiger partial charge >= 0.3 is 0 Å². The van der Waals surface area contributed by atoms with Gasteiger partial charge in [0.05, 0.1) is 24.6 Å². The van der Waals surface area contributed by atoms with Crippen molar-refractivity contribution in [2.45, 2.75) is 25.6 Å². The van der Waals surface area contributed by atoms with Crippen LogP contribution in [-0.4, -0.2) is 33.8 Å². The van der Waals surface area contributed by atoms with E-state index >= 15 is 0 Å². The highest BCUT2D eigenvalue weighted by molar-refractivity contribution is 7.20. The Morgan fingerprint density at radius 2 is 1.63 bits per heavy atom. The zero-order chi connectivity index (χ0) is 20.5. The van der Waals surface area contributed by atoms with Gasteiger partial charge in [0.15, 0.2) is 0 Å². The van der Waals surface area contributed by atoms with Crippen LogP contribution in [0.1, 0.15) is 18.4 Å². The first-order valence-electron chi connectivity index (χ1n) is 9.87. The molecule has 0 atom stereocenters. The molecule has 3 heterocycles. The second kappa shape index (κ2) is 8.12. The smallest absolute Gasteiger partial charge is 0.214 e. The Labute approximate surface area is 176 Å². The fourth-order valence-corrected chi connectivity index (χ4v) is 4.52. The van der Waals surface area contributed by atoms with Crippen LogP contribution in [0.4, 0.5) is 13.9 Å². The molecule has 1 fully saturated rings. The zero-order valence-electron chi connectivity index (χ0n) is 16.2. The van der Waals surface area contributed by atoms with Crippen molar-refractivity contribution in [3.8, 4) is 11.3 Å². The van der Waals surface area contributed by atoms with Gasteiger partial charge in [-0.25, -0.2) is 18.3 Å². The molecule has 154 valence electrons. The van der Waals surface area contributed by atoms with Gasteiger partial charge in [-0.3, -0.25) is 0 Å². The minimum Gasteiger partial charge on any atom is -0.373 e. The molecule has 0 aliphatic carbocycles.